The monoisotopic (exact) mass is 789 g/mol. The second-order valence-electron chi connectivity index (χ2n) is 16.3. The number of nitrogens with one attached hydrogen (secondary N) is 1. The summed E-state index contributed by atoms with van der Waals surface area (Å²) in [6.07, 6.45) is 3.96. The van der Waals surface area contributed by atoms with E-state index in [9.17, 15) is 18.3 Å². The molecule has 0 aliphatic carbocycles. The number of hydrogen-bond donors (Lipinski definition) is 2. The first-order valence-electron chi connectivity index (χ1n) is 19.7. The third-order valence-electron chi connectivity index (χ3n) is 13.2. The summed E-state index contributed by atoms with van der Waals surface area (Å²) in [5.41, 5.74) is 0.454. The van der Waals surface area contributed by atoms with E-state index in [0.29, 0.717) is 45.7 Å². The van der Waals surface area contributed by atoms with Crippen LogP contribution in [0.15, 0.2) is 36.7 Å². The number of anilines is 1. The summed E-state index contributed by atoms with van der Waals surface area (Å²) in [5.74, 6) is -0.426. The molecule has 3 aromatic heterocycles. The number of aryl methyl sites for hydroxylation is 2. The zero-order valence-corrected chi connectivity index (χ0v) is 31.5. The molecule has 10 rings (SSSR count). The molecule has 0 unspecified atom stereocenters. The van der Waals surface area contributed by atoms with Gasteiger partial charge in [0.1, 0.15) is 42.7 Å². The number of aromatic hydroxyl groups is 1. The molecule has 16 heteroatoms. The molecule has 5 aliphatic heterocycles. The van der Waals surface area contributed by atoms with Gasteiger partial charge in [0.05, 0.1) is 23.5 Å². The normalized spacial score (nSPS) is 25.6. The van der Waals surface area contributed by atoms with Crippen LogP contribution in [0.4, 0.5) is 27.8 Å². The zero-order valence-electron chi connectivity index (χ0n) is 31.5. The minimum Gasteiger partial charge on any atom is -0.508 e. The van der Waals surface area contributed by atoms with Gasteiger partial charge in [0.2, 0.25) is 11.7 Å². The van der Waals surface area contributed by atoms with Crippen molar-refractivity contribution < 1.29 is 41.1 Å². The smallest absolute Gasteiger partial charge is 0.434 e. The number of rotatable bonds is 7. The topological polar surface area (TPSA) is 113 Å². The molecule has 5 atom stereocenters. The van der Waals surface area contributed by atoms with Crippen molar-refractivity contribution >= 4 is 27.5 Å². The molecule has 0 radical (unpaired) electrons. The number of ether oxygens (including phenoxy) is 2. The Kier molecular flexibility index (Phi) is 8.49. The lowest BCUT2D eigenvalue weighted by Gasteiger charge is -2.41. The summed E-state index contributed by atoms with van der Waals surface area (Å²) in [7, 11) is 1.82. The van der Waals surface area contributed by atoms with Gasteiger partial charge in [-0.05, 0) is 87.6 Å². The summed E-state index contributed by atoms with van der Waals surface area (Å²) in [4.78, 5) is 21.9. The Balaban J connectivity index is 1.02. The molecule has 8 heterocycles. The second kappa shape index (κ2) is 13.3. The number of phenolic OH excluding ortho intramolecular Hbond substituents is 1. The molecule has 298 valence electrons. The van der Waals surface area contributed by atoms with Crippen LogP contribution >= 0.6 is 0 Å². The highest BCUT2D eigenvalue weighted by atomic mass is 19.4. The van der Waals surface area contributed by atoms with Crippen LogP contribution in [0.3, 0.4) is 0 Å². The van der Waals surface area contributed by atoms with Gasteiger partial charge in [-0.2, -0.15) is 32.1 Å². The fourth-order valence-corrected chi connectivity index (χ4v) is 10.6. The van der Waals surface area contributed by atoms with Gasteiger partial charge >= 0.3 is 12.2 Å². The first-order chi connectivity index (χ1) is 27.4. The van der Waals surface area contributed by atoms with Crippen molar-refractivity contribution in [2.24, 2.45) is 7.05 Å². The fourth-order valence-electron chi connectivity index (χ4n) is 10.6. The summed E-state index contributed by atoms with van der Waals surface area (Å²) >= 11 is 0. The lowest BCUT2D eigenvalue weighted by molar-refractivity contribution is -0.667. The van der Waals surface area contributed by atoms with Crippen LogP contribution in [0.1, 0.15) is 61.9 Å². The molecule has 4 fully saturated rings. The minimum absolute atomic E-state index is 0.0209. The summed E-state index contributed by atoms with van der Waals surface area (Å²) in [6, 6.07) is 6.71. The van der Waals surface area contributed by atoms with Crippen molar-refractivity contribution in [3.05, 3.63) is 65.2 Å². The Morgan fingerprint density at radius 2 is 1.88 bits per heavy atom. The number of fused-ring (bicyclic) bond motifs is 7. The Labute approximate surface area is 324 Å². The van der Waals surface area contributed by atoms with Crippen LogP contribution in [0.25, 0.3) is 32.9 Å². The second-order valence-corrected chi connectivity index (χ2v) is 16.3. The van der Waals surface area contributed by atoms with E-state index in [4.69, 9.17) is 19.4 Å². The third kappa shape index (κ3) is 5.92. The number of phenols is 1. The molecular formula is C41H42F5N8O3+. The molecule has 57 heavy (non-hydrogen) atoms. The number of alkyl halides is 3. The summed E-state index contributed by atoms with van der Waals surface area (Å²) < 4.78 is 85.9. The van der Waals surface area contributed by atoms with E-state index in [1.165, 1.54) is 12.1 Å². The van der Waals surface area contributed by atoms with Crippen LogP contribution in [0, 0.1) is 18.6 Å². The van der Waals surface area contributed by atoms with Crippen LogP contribution in [0.2, 0.25) is 0 Å². The molecule has 0 saturated carbocycles. The maximum absolute atomic E-state index is 17.6. The van der Waals surface area contributed by atoms with Gasteiger partial charge in [-0.25, -0.2) is 14.4 Å². The molecular weight excluding hydrogens is 747 g/mol. The number of benzene rings is 2. The third-order valence-corrected chi connectivity index (χ3v) is 13.2. The Hall–Kier alpha value is -4.96. The molecule has 2 N–H and O–H groups in total. The van der Waals surface area contributed by atoms with Gasteiger partial charge in [0, 0.05) is 42.5 Å². The van der Waals surface area contributed by atoms with Crippen LogP contribution in [0.5, 0.6) is 17.6 Å². The number of halogens is 5. The highest BCUT2D eigenvalue weighted by Crippen LogP contribution is 2.45. The molecule has 0 spiro atoms. The highest BCUT2D eigenvalue weighted by molar-refractivity contribution is 6.01. The molecule has 2 bridgehead atoms. The maximum Gasteiger partial charge on any atom is 0.434 e. The van der Waals surface area contributed by atoms with Gasteiger partial charge in [-0.15, -0.1) is 0 Å². The minimum atomic E-state index is -4.58. The zero-order chi connectivity index (χ0) is 39.4. The van der Waals surface area contributed by atoms with Gasteiger partial charge < -0.3 is 24.8 Å². The first-order valence-corrected chi connectivity index (χ1v) is 19.7. The predicted molar refractivity (Wildman–Crippen MR) is 199 cm³/mol. The van der Waals surface area contributed by atoms with Crippen LogP contribution in [-0.2, 0) is 19.6 Å². The molecule has 4 saturated heterocycles. The standard InChI is InChI=1S/C41H41F5N8O3/c1-21-27(42)6-4-22-14-25(55)15-26(33(21)22)37-35(43)36-34-30(52(37)2)9-8-29-28-7-5-23(49-28)18-53(29)38(34)51-39(50-36)57-20-40-11-3-13-54(40)24(10-12-40)19-56-32-17-47-31(16-48-32)41(44,45)46/h4,6,14-17,23-24,28-29,49H,3,5,7-13,18-20H2,1-2H3/p+1/t23-,24+,28+,29-,40+/m1/s1. The lowest BCUT2D eigenvalue weighted by atomic mass is 9.95. The van der Waals surface area contributed by atoms with Crippen molar-refractivity contribution in [1.29, 1.82) is 0 Å². The van der Waals surface area contributed by atoms with E-state index in [1.54, 1.807) is 19.1 Å². The van der Waals surface area contributed by atoms with Gasteiger partial charge in [0.15, 0.2) is 17.2 Å². The Bertz CT molecular complexity index is 2430. The van der Waals surface area contributed by atoms with Crippen molar-refractivity contribution in [2.75, 3.05) is 31.2 Å². The molecule has 5 aromatic rings. The van der Waals surface area contributed by atoms with E-state index >= 15 is 8.78 Å². The lowest BCUT2D eigenvalue weighted by Crippen LogP contribution is -2.58. The predicted octanol–water partition coefficient (Wildman–Crippen LogP) is 6.09. The van der Waals surface area contributed by atoms with E-state index in [-0.39, 0.29) is 71.8 Å². The highest BCUT2D eigenvalue weighted by Gasteiger charge is 2.51. The summed E-state index contributed by atoms with van der Waals surface area (Å²) in [5, 5.41) is 16.4. The van der Waals surface area contributed by atoms with E-state index in [1.807, 2.05) is 11.6 Å². The van der Waals surface area contributed by atoms with Crippen LogP contribution in [-0.4, -0.2) is 86.0 Å². The Morgan fingerprint density at radius 3 is 2.68 bits per heavy atom. The Morgan fingerprint density at radius 1 is 1.02 bits per heavy atom. The summed E-state index contributed by atoms with van der Waals surface area (Å²) in [6.45, 7) is 3.65. The van der Waals surface area contributed by atoms with Crippen LogP contribution < -0.4 is 24.3 Å². The van der Waals surface area contributed by atoms with Gasteiger partial charge in [-0.1, -0.05) is 6.07 Å². The number of nitrogens with zero attached hydrogens (tertiary/aromatic N) is 7. The molecule has 0 amide bonds. The van der Waals surface area contributed by atoms with Gasteiger partial charge in [0.25, 0.3) is 5.69 Å². The molecule has 5 aliphatic rings. The number of aromatic nitrogens is 5. The molecule has 11 nitrogen and oxygen atoms in total. The van der Waals surface area contributed by atoms with Crippen molar-refractivity contribution in [3.63, 3.8) is 0 Å². The van der Waals surface area contributed by atoms with Gasteiger partial charge in [-0.3, -0.25) is 4.90 Å². The first kappa shape index (κ1) is 36.4. The SMILES string of the molecule is Cc1c(F)ccc2cc(O)cc(-c3c(F)c4nc(OC[C@@]56CCCN5[C@H](COc5cnc(C(F)(F)F)cn5)CC6)nc5c4c([n+]3C)CC[C@@H]3[C@@H]4CC[C@H](CN53)N4)c12. The number of pyridine rings is 1. The largest absolute Gasteiger partial charge is 0.508 e. The van der Waals surface area contributed by atoms with E-state index < -0.39 is 23.5 Å². The average Bonchev–Trinajstić information content (AvgIpc) is 3.85. The van der Waals surface area contributed by atoms with E-state index in [2.05, 4.69) is 25.1 Å². The van der Waals surface area contributed by atoms with E-state index in [0.717, 1.165) is 69.9 Å². The average molecular weight is 790 g/mol. The number of piperazine rings is 1. The quantitative estimate of drug-likeness (QED) is 0.149. The molecule has 2 aromatic carbocycles. The maximum atomic E-state index is 17.6. The fraction of sp³-hybridized carbons (Fsp3) is 0.488. The number of hydrogen-bond acceptors (Lipinski definition) is 10. The van der Waals surface area contributed by atoms with Crippen molar-refractivity contribution in [1.82, 2.24) is 30.2 Å². The van der Waals surface area contributed by atoms with Crippen molar-refractivity contribution in [2.45, 2.75) is 94.2 Å². The van der Waals surface area contributed by atoms with Crippen molar-refractivity contribution in [3.8, 4) is 28.9 Å².